The third-order valence-electron chi connectivity index (χ3n) is 5.85. The van der Waals surface area contributed by atoms with E-state index < -0.39 is 35.6 Å². The van der Waals surface area contributed by atoms with Gasteiger partial charge in [-0.25, -0.2) is 4.79 Å². The van der Waals surface area contributed by atoms with Crippen molar-refractivity contribution >= 4 is 36.2 Å². The predicted octanol–water partition coefficient (Wildman–Crippen LogP) is 4.50. The Bertz CT molecular complexity index is 1110. The molecule has 2 unspecified atom stereocenters. The summed E-state index contributed by atoms with van der Waals surface area (Å²) in [6, 6.07) is 9.81. The van der Waals surface area contributed by atoms with Crippen molar-refractivity contribution in [1.29, 1.82) is 0 Å². The van der Waals surface area contributed by atoms with E-state index in [1.54, 1.807) is 39.0 Å². The fraction of sp³-hybridized carbons (Fsp3) is 0.444. The number of phenolic OH excluding ortho intramolecular Hbond substituents is 1. The Balaban J connectivity index is 1.99. The number of thiol groups is 1. The van der Waals surface area contributed by atoms with Gasteiger partial charge in [-0.2, -0.15) is 12.6 Å². The van der Waals surface area contributed by atoms with Crippen molar-refractivity contribution < 1.29 is 24.2 Å². The highest BCUT2D eigenvalue weighted by atomic mass is 32.1. The quantitative estimate of drug-likeness (QED) is 0.389. The Morgan fingerprint density at radius 3 is 2.22 bits per heavy atom. The van der Waals surface area contributed by atoms with Gasteiger partial charge in [0.1, 0.15) is 23.4 Å². The molecule has 0 spiro atoms. The van der Waals surface area contributed by atoms with Crippen LogP contribution in [0.25, 0.3) is 0 Å². The minimum absolute atomic E-state index is 0.00725. The minimum atomic E-state index is -1.12. The van der Waals surface area contributed by atoms with Gasteiger partial charge in [-0.05, 0) is 64.7 Å². The zero-order chi connectivity index (χ0) is 26.6. The Kier molecular flexibility index (Phi) is 8.55. The lowest BCUT2D eigenvalue weighted by Gasteiger charge is -2.34. The highest BCUT2D eigenvalue weighted by Crippen LogP contribution is 2.39. The molecule has 0 saturated heterocycles. The van der Waals surface area contributed by atoms with Gasteiger partial charge in [0.2, 0.25) is 5.91 Å². The summed E-state index contributed by atoms with van der Waals surface area (Å²) in [6.45, 7) is 8.97. The van der Waals surface area contributed by atoms with Crippen molar-refractivity contribution in [1.82, 2.24) is 10.2 Å². The number of amides is 3. The molecule has 0 radical (unpaired) electrons. The van der Waals surface area contributed by atoms with Crippen LogP contribution in [-0.2, 0) is 14.3 Å². The van der Waals surface area contributed by atoms with Crippen molar-refractivity contribution in [2.45, 2.75) is 71.2 Å². The summed E-state index contributed by atoms with van der Waals surface area (Å²) in [7, 11) is 0. The number of aromatic hydroxyl groups is 1. The summed E-state index contributed by atoms with van der Waals surface area (Å²) in [6.07, 6.45) is 0.668. The van der Waals surface area contributed by atoms with E-state index >= 15 is 0 Å². The van der Waals surface area contributed by atoms with Crippen LogP contribution in [0.1, 0.15) is 56.3 Å². The zero-order valence-corrected chi connectivity index (χ0v) is 22.3. The topological polar surface area (TPSA) is 108 Å². The maximum Gasteiger partial charge on any atom is 0.408 e. The highest BCUT2D eigenvalue weighted by molar-refractivity contribution is 7.80. The molecule has 2 atom stereocenters. The van der Waals surface area contributed by atoms with Gasteiger partial charge in [-0.1, -0.05) is 36.4 Å². The Hall–Kier alpha value is -3.20. The summed E-state index contributed by atoms with van der Waals surface area (Å²) < 4.78 is 5.32. The van der Waals surface area contributed by atoms with E-state index in [2.05, 4.69) is 23.3 Å². The van der Waals surface area contributed by atoms with Crippen LogP contribution in [0.3, 0.4) is 0 Å². The molecule has 3 N–H and O–H groups in total. The van der Waals surface area contributed by atoms with Gasteiger partial charge in [-0.15, -0.1) is 0 Å². The summed E-state index contributed by atoms with van der Waals surface area (Å²) >= 11 is 4.29. The first kappa shape index (κ1) is 27.4. The molecule has 0 heterocycles. The Morgan fingerprint density at radius 1 is 1.08 bits per heavy atom. The normalized spacial score (nSPS) is 14.9. The number of carbonyl (C=O) groups excluding carboxylic acids is 3. The fourth-order valence-electron chi connectivity index (χ4n) is 4.03. The third kappa shape index (κ3) is 6.72. The molecule has 1 saturated carbocycles. The van der Waals surface area contributed by atoms with E-state index in [1.165, 1.54) is 11.0 Å². The van der Waals surface area contributed by atoms with Crippen LogP contribution in [0.4, 0.5) is 10.5 Å². The van der Waals surface area contributed by atoms with Crippen molar-refractivity contribution in [3.63, 3.8) is 0 Å². The molecule has 2 aromatic carbocycles. The maximum absolute atomic E-state index is 13.8. The van der Waals surface area contributed by atoms with Gasteiger partial charge in [0, 0.05) is 23.0 Å². The number of phenols is 1. The average molecular weight is 514 g/mol. The highest BCUT2D eigenvalue weighted by Gasteiger charge is 2.44. The van der Waals surface area contributed by atoms with Gasteiger partial charge in [0.15, 0.2) is 0 Å². The van der Waals surface area contributed by atoms with Gasteiger partial charge < -0.3 is 25.4 Å². The average Bonchev–Trinajstić information content (AvgIpc) is 3.62. The molecule has 3 amide bonds. The van der Waals surface area contributed by atoms with E-state index in [1.807, 2.05) is 32.0 Å². The van der Waals surface area contributed by atoms with Crippen LogP contribution in [0.2, 0.25) is 0 Å². The third-order valence-corrected chi connectivity index (χ3v) is 6.22. The van der Waals surface area contributed by atoms with Crippen LogP contribution in [0, 0.1) is 13.8 Å². The van der Waals surface area contributed by atoms with Crippen LogP contribution in [0.5, 0.6) is 5.75 Å². The smallest absolute Gasteiger partial charge is 0.408 e. The van der Waals surface area contributed by atoms with E-state index in [9.17, 15) is 19.5 Å². The number of rotatable bonds is 8. The first-order chi connectivity index (χ1) is 16.9. The number of para-hydroxylation sites is 2. The molecule has 1 aliphatic rings. The van der Waals surface area contributed by atoms with Crippen LogP contribution in [-0.4, -0.2) is 51.4 Å². The predicted molar refractivity (Wildman–Crippen MR) is 142 cm³/mol. The summed E-state index contributed by atoms with van der Waals surface area (Å²) in [4.78, 5) is 41.5. The molecule has 1 fully saturated rings. The van der Waals surface area contributed by atoms with E-state index in [4.69, 9.17) is 4.74 Å². The molecule has 1 aliphatic carbocycles. The maximum atomic E-state index is 13.8. The van der Waals surface area contributed by atoms with Crippen molar-refractivity contribution in [3.05, 3.63) is 59.2 Å². The summed E-state index contributed by atoms with van der Waals surface area (Å²) in [5.74, 6) is -1.01. The van der Waals surface area contributed by atoms with Crippen LogP contribution in [0.15, 0.2) is 42.5 Å². The number of hydrogen-bond acceptors (Lipinski definition) is 6. The largest absolute Gasteiger partial charge is 0.508 e. The number of carbonyl (C=O) groups is 3. The standard InChI is InChI=1S/C27H35N3O5S/c1-16-9-8-10-17(2)22(16)29-24(32)23(19-11-6-7-12-21(19)31)30(18-13-14-18)25(33)20(15-36)28-26(34)35-27(3,4)5/h6-12,18,20,23,31,36H,13-15H2,1-5H3,(H,28,34)(H,29,32). The summed E-state index contributed by atoms with van der Waals surface area (Å²) in [5.41, 5.74) is 1.97. The zero-order valence-electron chi connectivity index (χ0n) is 21.4. The monoisotopic (exact) mass is 513 g/mol. The number of alkyl carbamates (subject to hydrolysis) is 1. The number of aryl methyl sites for hydroxylation is 2. The molecular weight excluding hydrogens is 478 g/mol. The number of hydrogen-bond donors (Lipinski definition) is 4. The Labute approximate surface area is 217 Å². The number of ether oxygens (including phenoxy) is 1. The van der Waals surface area contributed by atoms with Gasteiger partial charge in [0.05, 0.1) is 0 Å². The van der Waals surface area contributed by atoms with Crippen molar-refractivity contribution in [3.8, 4) is 5.75 Å². The first-order valence-corrected chi connectivity index (χ1v) is 12.6. The SMILES string of the molecule is Cc1cccc(C)c1NC(=O)C(c1ccccc1O)N(C(=O)C(CS)NC(=O)OC(C)(C)C)C1CC1. The lowest BCUT2D eigenvalue weighted by Crippen LogP contribution is -2.54. The molecule has 2 aromatic rings. The first-order valence-electron chi connectivity index (χ1n) is 12.0. The molecule has 194 valence electrons. The molecule has 36 heavy (non-hydrogen) atoms. The summed E-state index contributed by atoms with van der Waals surface area (Å²) in [5, 5.41) is 16.3. The van der Waals surface area contributed by atoms with Gasteiger partial charge in [0.25, 0.3) is 5.91 Å². The second-order valence-electron chi connectivity index (χ2n) is 10.1. The molecule has 0 bridgehead atoms. The number of nitrogens with zero attached hydrogens (tertiary/aromatic N) is 1. The van der Waals surface area contributed by atoms with Gasteiger partial charge in [-0.3, -0.25) is 9.59 Å². The van der Waals surface area contributed by atoms with E-state index in [0.29, 0.717) is 24.1 Å². The number of nitrogens with one attached hydrogen (secondary N) is 2. The van der Waals surface area contributed by atoms with E-state index in [0.717, 1.165) is 11.1 Å². The second kappa shape index (κ2) is 11.2. The fourth-order valence-corrected chi connectivity index (χ4v) is 4.27. The molecular formula is C27H35N3O5S. The number of anilines is 1. The van der Waals surface area contributed by atoms with Crippen LogP contribution >= 0.6 is 12.6 Å². The Morgan fingerprint density at radius 2 is 1.69 bits per heavy atom. The number of benzene rings is 2. The lowest BCUT2D eigenvalue weighted by atomic mass is 10.0. The minimum Gasteiger partial charge on any atom is -0.508 e. The second-order valence-corrected chi connectivity index (χ2v) is 10.4. The van der Waals surface area contributed by atoms with Crippen molar-refractivity contribution in [2.24, 2.45) is 0 Å². The van der Waals surface area contributed by atoms with Crippen molar-refractivity contribution in [2.75, 3.05) is 11.1 Å². The molecule has 8 nitrogen and oxygen atoms in total. The van der Waals surface area contributed by atoms with E-state index in [-0.39, 0.29) is 17.5 Å². The molecule has 0 aromatic heterocycles. The molecule has 3 rings (SSSR count). The molecule has 9 heteroatoms. The molecule has 0 aliphatic heterocycles. The van der Waals surface area contributed by atoms with Gasteiger partial charge >= 0.3 is 6.09 Å². The lowest BCUT2D eigenvalue weighted by molar-refractivity contribution is -0.141. The van der Waals surface area contributed by atoms with Crippen LogP contribution < -0.4 is 10.6 Å².